The highest BCUT2D eigenvalue weighted by Gasteiger charge is 2.34. The largest absolute Gasteiger partial charge is 0.744 e. The van der Waals surface area contributed by atoms with Crippen LogP contribution in [0.25, 0.3) is 22.8 Å². The molecular formula is C40H43F3N8O6S. The van der Waals surface area contributed by atoms with Crippen LogP contribution < -0.4 is 16.2 Å². The minimum absolute atomic E-state index is 0.0152. The minimum atomic E-state index is -4.65. The van der Waals surface area contributed by atoms with Gasteiger partial charge in [-0.15, -0.1) is 0 Å². The molecule has 0 atom stereocenters. The van der Waals surface area contributed by atoms with E-state index in [1.807, 2.05) is 21.1 Å². The van der Waals surface area contributed by atoms with Crippen molar-refractivity contribution in [2.75, 3.05) is 34.2 Å². The Morgan fingerprint density at radius 1 is 0.948 bits per heavy atom. The molecule has 2 heterocycles. The number of hydrogen-bond donors (Lipinski definition) is 2. The van der Waals surface area contributed by atoms with E-state index >= 15 is 0 Å². The number of aromatic nitrogens is 4. The summed E-state index contributed by atoms with van der Waals surface area (Å²) < 4.78 is 76.4. The molecule has 0 spiro atoms. The topological polar surface area (TPSA) is 184 Å². The molecule has 2 N–H and O–H groups in total. The number of alkyl halides is 3. The van der Waals surface area contributed by atoms with Gasteiger partial charge in [0.2, 0.25) is 5.91 Å². The fourth-order valence-corrected chi connectivity index (χ4v) is 7.07. The molecule has 2 amide bonds. The Labute approximate surface area is 333 Å². The number of hydrogen-bond acceptors (Lipinski definition) is 8. The molecule has 0 bridgehead atoms. The van der Waals surface area contributed by atoms with E-state index in [2.05, 4.69) is 21.8 Å². The number of carbonyl (C=O) groups is 2. The molecule has 306 valence electrons. The summed E-state index contributed by atoms with van der Waals surface area (Å²) >= 11 is 0. The van der Waals surface area contributed by atoms with Crippen LogP contribution in [0.1, 0.15) is 47.2 Å². The van der Waals surface area contributed by atoms with Crippen molar-refractivity contribution in [1.29, 1.82) is 5.26 Å². The lowest BCUT2D eigenvalue weighted by Crippen LogP contribution is -2.45. The van der Waals surface area contributed by atoms with Crippen molar-refractivity contribution in [3.8, 4) is 28.8 Å². The Bertz CT molecular complexity index is 2460. The number of nitrogens with one attached hydrogen (secondary N) is 2. The molecule has 1 saturated carbocycles. The highest BCUT2D eigenvalue weighted by Crippen LogP contribution is 2.32. The van der Waals surface area contributed by atoms with Crippen LogP contribution in [0.15, 0.2) is 101 Å². The molecule has 1 aliphatic rings. The van der Waals surface area contributed by atoms with E-state index in [0.717, 1.165) is 27.8 Å². The zero-order valence-corrected chi connectivity index (χ0v) is 33.0. The molecule has 6 rings (SSSR count). The summed E-state index contributed by atoms with van der Waals surface area (Å²) in [7, 11) is 3.39. The molecule has 2 aromatic heterocycles. The Balaban J connectivity index is 0.000000559. The number of amides is 2. The molecular weight excluding hydrogens is 778 g/mol. The minimum Gasteiger partial charge on any atom is -0.744 e. The second kappa shape index (κ2) is 17.6. The zero-order valence-electron chi connectivity index (χ0n) is 32.2. The van der Waals surface area contributed by atoms with Crippen LogP contribution in [0.3, 0.4) is 0 Å². The molecule has 0 aliphatic heterocycles. The Morgan fingerprint density at radius 2 is 1.60 bits per heavy atom. The molecule has 0 radical (unpaired) electrons. The third-order valence-corrected chi connectivity index (χ3v) is 10.4. The van der Waals surface area contributed by atoms with E-state index in [4.69, 9.17) is 0 Å². The highest BCUT2D eigenvalue weighted by atomic mass is 32.2. The van der Waals surface area contributed by atoms with Crippen molar-refractivity contribution in [3.63, 3.8) is 0 Å². The molecule has 1 fully saturated rings. The predicted molar refractivity (Wildman–Crippen MR) is 207 cm³/mol. The predicted octanol–water partition coefficient (Wildman–Crippen LogP) is 4.62. The fourth-order valence-electron chi connectivity index (χ4n) is 6.58. The fraction of sp³-hybridized carbons (Fsp3) is 0.325. The molecule has 58 heavy (non-hydrogen) atoms. The van der Waals surface area contributed by atoms with Crippen molar-refractivity contribution in [2.24, 2.45) is 13.0 Å². The van der Waals surface area contributed by atoms with Gasteiger partial charge in [0.1, 0.15) is 21.4 Å². The van der Waals surface area contributed by atoms with Crippen molar-refractivity contribution in [2.45, 2.75) is 42.8 Å². The van der Waals surface area contributed by atoms with Crippen molar-refractivity contribution in [3.05, 3.63) is 118 Å². The van der Waals surface area contributed by atoms with Gasteiger partial charge in [-0.2, -0.15) is 23.5 Å². The van der Waals surface area contributed by atoms with E-state index in [-0.39, 0.29) is 39.7 Å². The average Bonchev–Trinajstić information content (AvgIpc) is 3.76. The van der Waals surface area contributed by atoms with Crippen LogP contribution in [0.2, 0.25) is 0 Å². The van der Waals surface area contributed by atoms with Crippen LogP contribution in [0.4, 0.5) is 13.2 Å². The third kappa shape index (κ3) is 10.5. The van der Waals surface area contributed by atoms with Gasteiger partial charge in [-0.1, -0.05) is 24.3 Å². The van der Waals surface area contributed by atoms with Crippen LogP contribution in [-0.4, -0.2) is 88.7 Å². The summed E-state index contributed by atoms with van der Waals surface area (Å²) in [4.78, 5) is 40.6. The number of nitriles is 1. The Kier molecular flexibility index (Phi) is 13.1. The summed E-state index contributed by atoms with van der Waals surface area (Å²) in [5, 5.41) is 19.6. The van der Waals surface area contributed by atoms with Gasteiger partial charge in [-0.3, -0.25) is 19.1 Å². The van der Waals surface area contributed by atoms with Crippen molar-refractivity contribution >= 4 is 21.9 Å². The lowest BCUT2D eigenvalue weighted by Gasteiger charge is -2.29. The summed E-state index contributed by atoms with van der Waals surface area (Å²) in [5.74, 6) is -0.879. The molecule has 1 aliphatic carbocycles. The first-order valence-corrected chi connectivity index (χ1v) is 19.6. The lowest BCUT2D eigenvalue weighted by atomic mass is 9.85. The summed E-state index contributed by atoms with van der Waals surface area (Å²) in [6, 6.07) is 21.4. The van der Waals surface area contributed by atoms with Crippen LogP contribution in [0.5, 0.6) is 0 Å². The Hall–Kier alpha value is -6.03. The Morgan fingerprint density at radius 3 is 2.17 bits per heavy atom. The standard InChI is InChI=1S/C34H37F3N8O3.C6H6O3S/c1-42-30(28-16-17-40-43(28)26-14-8-22(21-38)9-15-26)29(33(48)44(42)27-7-5-6-24(20-27)34(35,36)37)32(47)41-25-12-10-23(11-13-25)31(46)39-18-19-45(2,3)4;7-10(8,9)6-4-2-1-3-5-6/h5-9,14-17,20,23,25H,10-13,18-19H2,1-4H3,(H-,39,41,46,47);1-5H,(H,7,8,9). The summed E-state index contributed by atoms with van der Waals surface area (Å²) in [5.41, 5.74) is -0.635. The monoisotopic (exact) mass is 820 g/mol. The van der Waals surface area contributed by atoms with E-state index in [9.17, 15) is 45.8 Å². The lowest BCUT2D eigenvalue weighted by molar-refractivity contribution is -0.869. The van der Waals surface area contributed by atoms with Gasteiger partial charge in [0, 0.05) is 19.0 Å². The first-order valence-electron chi connectivity index (χ1n) is 18.2. The van der Waals surface area contributed by atoms with Crippen LogP contribution in [0, 0.1) is 17.2 Å². The normalized spacial score (nSPS) is 15.8. The zero-order chi connectivity index (χ0) is 42.4. The van der Waals surface area contributed by atoms with Gasteiger partial charge >= 0.3 is 6.18 Å². The maximum absolute atomic E-state index is 14.1. The number of nitrogens with zero attached hydrogens (tertiary/aromatic N) is 6. The average molecular weight is 821 g/mol. The maximum atomic E-state index is 14.1. The van der Waals surface area contributed by atoms with E-state index in [0.29, 0.717) is 49.2 Å². The van der Waals surface area contributed by atoms with Crippen molar-refractivity contribution < 1.29 is 40.2 Å². The second-order valence-corrected chi connectivity index (χ2v) is 16.2. The number of carbonyl (C=O) groups excluding carboxylic acids is 2. The molecule has 5 aromatic rings. The summed E-state index contributed by atoms with van der Waals surface area (Å²) in [6.45, 7) is 1.35. The van der Waals surface area contributed by atoms with E-state index in [1.165, 1.54) is 59.0 Å². The number of quaternary nitrogens is 1. The van der Waals surface area contributed by atoms with Gasteiger partial charge in [-0.05, 0) is 86.3 Å². The SMILES string of the molecule is Cn1c(-c2ccnn2-c2ccc(C#N)cc2)c(C(=O)NC2CCC(C(=O)NCC[N+](C)(C)C)CC2)c(=O)n1-c1cccc(C(F)(F)F)c1.O=S(=O)([O-])c1ccccc1. The number of benzene rings is 3. The molecule has 3 aromatic carbocycles. The van der Waals surface area contributed by atoms with Gasteiger partial charge < -0.3 is 19.7 Å². The molecule has 0 unspecified atom stereocenters. The first-order chi connectivity index (χ1) is 27.3. The maximum Gasteiger partial charge on any atom is 0.416 e. The molecule has 18 heteroatoms. The molecule has 0 saturated heterocycles. The van der Waals surface area contributed by atoms with Gasteiger partial charge in [-0.25, -0.2) is 17.8 Å². The number of likely N-dealkylation sites (N-methyl/N-ethyl adjacent to an activating group) is 1. The molecule has 14 nitrogen and oxygen atoms in total. The van der Waals surface area contributed by atoms with E-state index in [1.54, 1.807) is 36.4 Å². The second-order valence-electron chi connectivity index (χ2n) is 14.8. The van der Waals surface area contributed by atoms with Crippen molar-refractivity contribution in [1.82, 2.24) is 29.8 Å². The van der Waals surface area contributed by atoms with Gasteiger partial charge in [0.05, 0.1) is 79.6 Å². The first kappa shape index (κ1) is 43.1. The quantitative estimate of drug-likeness (QED) is 0.151. The summed E-state index contributed by atoms with van der Waals surface area (Å²) in [6.07, 6.45) is -1.01. The van der Waals surface area contributed by atoms with Crippen LogP contribution in [-0.2, 0) is 28.1 Å². The van der Waals surface area contributed by atoms with Gasteiger partial charge in [0.25, 0.3) is 11.5 Å². The number of rotatable bonds is 10. The number of halogens is 3. The highest BCUT2D eigenvalue weighted by molar-refractivity contribution is 7.85. The van der Waals surface area contributed by atoms with Crippen LogP contribution >= 0.6 is 0 Å². The van der Waals surface area contributed by atoms with Gasteiger partial charge in [0.15, 0.2) is 0 Å². The van der Waals surface area contributed by atoms with E-state index < -0.39 is 33.3 Å². The smallest absolute Gasteiger partial charge is 0.416 e. The third-order valence-electron chi connectivity index (χ3n) is 9.59.